The van der Waals surface area contributed by atoms with E-state index in [2.05, 4.69) is 48.7 Å². The molecule has 0 saturated carbocycles. The van der Waals surface area contributed by atoms with E-state index in [0.717, 1.165) is 12.5 Å². The van der Waals surface area contributed by atoms with E-state index in [1.165, 1.54) is 30.8 Å². The van der Waals surface area contributed by atoms with Crippen molar-refractivity contribution in [1.82, 2.24) is 9.62 Å². The highest BCUT2D eigenvalue weighted by molar-refractivity contribution is 8.01. The zero-order valence-corrected chi connectivity index (χ0v) is 11.5. The highest BCUT2D eigenvalue weighted by Gasteiger charge is 2.18. The lowest BCUT2D eigenvalue weighted by atomic mass is 10.1. The standard InChI is InChI=1S/C13H24N2S/c1-4-6-13(7-5-2)16-15-10-8-12(14-3)9-11-15/h4,6-7,12,14H,5,8-11H2,1-3H3/b6-4-,13-7+. The number of piperidine rings is 1. The van der Waals surface area contributed by atoms with E-state index >= 15 is 0 Å². The van der Waals surface area contributed by atoms with Gasteiger partial charge in [-0.1, -0.05) is 25.2 Å². The molecule has 0 bridgehead atoms. The minimum Gasteiger partial charge on any atom is -0.317 e. The maximum atomic E-state index is 3.36. The molecule has 0 atom stereocenters. The molecular formula is C13H24N2S. The summed E-state index contributed by atoms with van der Waals surface area (Å²) in [7, 11) is 2.07. The molecule has 0 radical (unpaired) electrons. The van der Waals surface area contributed by atoms with Gasteiger partial charge in [-0.05, 0) is 45.2 Å². The van der Waals surface area contributed by atoms with Crippen LogP contribution >= 0.6 is 11.9 Å². The Kier molecular flexibility index (Phi) is 6.85. The zero-order valence-electron chi connectivity index (χ0n) is 10.7. The van der Waals surface area contributed by atoms with Crippen molar-refractivity contribution >= 4 is 11.9 Å². The first-order chi connectivity index (χ1) is 7.80. The molecule has 3 heteroatoms. The number of hydrogen-bond acceptors (Lipinski definition) is 3. The fraction of sp³-hybridized carbons (Fsp3) is 0.692. The van der Waals surface area contributed by atoms with Gasteiger partial charge in [0.1, 0.15) is 0 Å². The van der Waals surface area contributed by atoms with Crippen molar-refractivity contribution in [3.63, 3.8) is 0 Å². The number of rotatable bonds is 5. The summed E-state index contributed by atoms with van der Waals surface area (Å²) in [6.45, 7) is 6.65. The maximum absolute atomic E-state index is 3.36. The Morgan fingerprint density at radius 3 is 2.62 bits per heavy atom. The van der Waals surface area contributed by atoms with Crippen LogP contribution in [0.5, 0.6) is 0 Å². The predicted molar refractivity (Wildman–Crippen MR) is 74.4 cm³/mol. The van der Waals surface area contributed by atoms with Crippen LogP contribution in [-0.2, 0) is 0 Å². The van der Waals surface area contributed by atoms with Crippen LogP contribution in [0.2, 0.25) is 0 Å². The smallest absolute Gasteiger partial charge is 0.0187 e. The fourth-order valence-corrected chi connectivity index (χ4v) is 3.02. The Morgan fingerprint density at radius 1 is 1.44 bits per heavy atom. The average Bonchev–Trinajstić information content (AvgIpc) is 2.31. The van der Waals surface area contributed by atoms with Gasteiger partial charge in [-0.2, -0.15) is 0 Å². The number of allylic oxidation sites excluding steroid dienone is 3. The molecule has 0 amide bonds. The molecule has 1 saturated heterocycles. The van der Waals surface area contributed by atoms with E-state index in [1.807, 2.05) is 11.9 Å². The minimum atomic E-state index is 0.720. The molecule has 1 aliphatic rings. The predicted octanol–water partition coefficient (Wildman–Crippen LogP) is 3.19. The molecule has 0 spiro atoms. The lowest BCUT2D eigenvalue weighted by Gasteiger charge is -2.30. The third-order valence-electron chi connectivity index (χ3n) is 2.83. The van der Waals surface area contributed by atoms with E-state index in [0.29, 0.717) is 0 Å². The summed E-state index contributed by atoms with van der Waals surface area (Å²) < 4.78 is 2.48. The van der Waals surface area contributed by atoms with Crippen molar-refractivity contribution in [1.29, 1.82) is 0 Å². The normalized spacial score (nSPS) is 20.8. The van der Waals surface area contributed by atoms with Crippen LogP contribution in [0.1, 0.15) is 33.1 Å². The van der Waals surface area contributed by atoms with Gasteiger partial charge in [-0.3, -0.25) is 0 Å². The molecule has 16 heavy (non-hydrogen) atoms. The monoisotopic (exact) mass is 240 g/mol. The first-order valence-corrected chi connectivity index (χ1v) is 7.00. The Balaban J connectivity index is 2.39. The maximum Gasteiger partial charge on any atom is 0.0187 e. The second-order valence-electron chi connectivity index (χ2n) is 4.10. The molecule has 0 aromatic rings. The Hall–Kier alpha value is -0.250. The van der Waals surface area contributed by atoms with Gasteiger partial charge >= 0.3 is 0 Å². The van der Waals surface area contributed by atoms with Gasteiger partial charge in [-0.25, -0.2) is 4.31 Å². The Morgan fingerprint density at radius 2 is 2.12 bits per heavy atom. The summed E-state index contributed by atoms with van der Waals surface area (Å²) in [5.74, 6) is 0. The molecule has 0 aromatic carbocycles. The second-order valence-corrected chi connectivity index (χ2v) is 5.27. The molecule has 1 rings (SSSR count). The topological polar surface area (TPSA) is 15.3 Å². The number of hydrogen-bond donors (Lipinski definition) is 1. The van der Waals surface area contributed by atoms with Crippen molar-refractivity contribution in [3.8, 4) is 0 Å². The molecule has 1 fully saturated rings. The number of nitrogens with one attached hydrogen (secondary N) is 1. The quantitative estimate of drug-likeness (QED) is 0.587. The van der Waals surface area contributed by atoms with Crippen molar-refractivity contribution in [3.05, 3.63) is 23.1 Å². The van der Waals surface area contributed by atoms with Crippen molar-refractivity contribution in [2.75, 3.05) is 20.1 Å². The lowest BCUT2D eigenvalue weighted by molar-refractivity contribution is 0.320. The minimum absolute atomic E-state index is 0.720. The highest BCUT2D eigenvalue weighted by Crippen LogP contribution is 2.26. The van der Waals surface area contributed by atoms with E-state index in [9.17, 15) is 0 Å². The van der Waals surface area contributed by atoms with Crippen LogP contribution in [-0.4, -0.2) is 30.5 Å². The first kappa shape index (κ1) is 13.8. The van der Waals surface area contributed by atoms with Gasteiger partial charge in [0.05, 0.1) is 0 Å². The largest absolute Gasteiger partial charge is 0.317 e. The first-order valence-electron chi connectivity index (χ1n) is 6.23. The van der Waals surface area contributed by atoms with Gasteiger partial charge in [0.15, 0.2) is 0 Å². The van der Waals surface area contributed by atoms with Crippen LogP contribution in [0.4, 0.5) is 0 Å². The van der Waals surface area contributed by atoms with Crippen LogP contribution in [0.25, 0.3) is 0 Å². The molecule has 1 aliphatic heterocycles. The molecule has 1 heterocycles. The molecular weight excluding hydrogens is 216 g/mol. The van der Waals surface area contributed by atoms with Gasteiger partial charge in [0.25, 0.3) is 0 Å². The van der Waals surface area contributed by atoms with E-state index in [1.54, 1.807) is 0 Å². The van der Waals surface area contributed by atoms with E-state index in [4.69, 9.17) is 0 Å². The fourth-order valence-electron chi connectivity index (χ4n) is 1.89. The Bertz CT molecular complexity index is 240. The molecule has 2 nitrogen and oxygen atoms in total. The summed E-state index contributed by atoms with van der Waals surface area (Å²) in [5.41, 5.74) is 0. The average molecular weight is 240 g/mol. The van der Waals surface area contributed by atoms with Crippen molar-refractivity contribution < 1.29 is 0 Å². The summed E-state index contributed by atoms with van der Waals surface area (Å²) in [6.07, 6.45) is 10.3. The molecule has 0 unspecified atom stereocenters. The molecule has 1 N–H and O–H groups in total. The lowest BCUT2D eigenvalue weighted by Crippen LogP contribution is -2.38. The number of nitrogens with zero attached hydrogens (tertiary/aromatic N) is 1. The van der Waals surface area contributed by atoms with Crippen molar-refractivity contribution in [2.45, 2.75) is 39.2 Å². The molecule has 92 valence electrons. The van der Waals surface area contributed by atoms with Crippen LogP contribution in [0.3, 0.4) is 0 Å². The summed E-state index contributed by atoms with van der Waals surface area (Å²) in [6, 6.07) is 0.720. The van der Waals surface area contributed by atoms with Crippen LogP contribution < -0.4 is 5.32 Å². The third kappa shape index (κ3) is 4.73. The second kappa shape index (κ2) is 7.93. The van der Waals surface area contributed by atoms with Crippen molar-refractivity contribution in [2.24, 2.45) is 0 Å². The van der Waals surface area contributed by atoms with Gasteiger partial charge in [0.2, 0.25) is 0 Å². The summed E-state index contributed by atoms with van der Waals surface area (Å²) in [5, 5.41) is 3.36. The SMILES string of the molecule is C/C=C\C(=C/CC)SN1CCC(NC)CC1. The van der Waals surface area contributed by atoms with Gasteiger partial charge < -0.3 is 5.32 Å². The van der Waals surface area contributed by atoms with E-state index < -0.39 is 0 Å². The molecule has 0 aromatic heterocycles. The molecule has 0 aliphatic carbocycles. The van der Waals surface area contributed by atoms with Gasteiger partial charge in [0, 0.05) is 24.0 Å². The van der Waals surface area contributed by atoms with E-state index in [-0.39, 0.29) is 0 Å². The third-order valence-corrected chi connectivity index (χ3v) is 3.97. The summed E-state index contributed by atoms with van der Waals surface area (Å²) >= 11 is 1.91. The van der Waals surface area contributed by atoms with Crippen LogP contribution in [0.15, 0.2) is 23.1 Å². The zero-order chi connectivity index (χ0) is 11.8. The summed E-state index contributed by atoms with van der Waals surface area (Å²) in [4.78, 5) is 1.38. The highest BCUT2D eigenvalue weighted by atomic mass is 32.2. The Labute approximate surface area is 104 Å². The van der Waals surface area contributed by atoms with Crippen LogP contribution in [0, 0.1) is 0 Å². The van der Waals surface area contributed by atoms with Gasteiger partial charge in [-0.15, -0.1) is 0 Å².